The average molecular weight is 579 g/mol. The monoisotopic (exact) mass is 578 g/mol. The van der Waals surface area contributed by atoms with Gasteiger partial charge in [0.05, 0.1) is 17.9 Å². The van der Waals surface area contributed by atoms with E-state index in [-0.39, 0.29) is 28.4 Å². The van der Waals surface area contributed by atoms with Gasteiger partial charge in [0, 0.05) is 10.8 Å². The van der Waals surface area contributed by atoms with Crippen molar-refractivity contribution in [3.63, 3.8) is 0 Å². The van der Waals surface area contributed by atoms with Gasteiger partial charge in [0.15, 0.2) is 4.90 Å². The predicted octanol–water partition coefficient (Wildman–Crippen LogP) is 5.39. The van der Waals surface area contributed by atoms with Crippen LogP contribution in [0.3, 0.4) is 0 Å². The van der Waals surface area contributed by atoms with Gasteiger partial charge in [-0.1, -0.05) is 36.4 Å². The molecule has 0 aromatic heterocycles. The summed E-state index contributed by atoms with van der Waals surface area (Å²) in [6, 6.07) is 14.2. The highest BCUT2D eigenvalue weighted by atomic mass is 32.2. The summed E-state index contributed by atoms with van der Waals surface area (Å²) in [5.41, 5.74) is 0.00590. The molecule has 0 unspecified atom stereocenters. The maximum atomic E-state index is 14.5. The zero-order valence-electron chi connectivity index (χ0n) is 19.7. The van der Waals surface area contributed by atoms with Crippen LogP contribution in [0.2, 0.25) is 0 Å². The quantitative estimate of drug-likeness (QED) is 0.153. The molecule has 0 radical (unpaired) electrons. The highest BCUT2D eigenvalue weighted by Crippen LogP contribution is 2.41. The van der Waals surface area contributed by atoms with E-state index < -0.39 is 62.1 Å². The summed E-state index contributed by atoms with van der Waals surface area (Å²) in [6.45, 7) is -1.51. The second-order valence-electron chi connectivity index (χ2n) is 7.98. The van der Waals surface area contributed by atoms with Gasteiger partial charge in [0.1, 0.15) is 41.0 Å². The Bertz CT molecular complexity index is 1640. The van der Waals surface area contributed by atoms with Crippen molar-refractivity contribution >= 4 is 56.4 Å². The molecule has 4 rings (SSSR count). The maximum absolute atomic E-state index is 14.5. The summed E-state index contributed by atoms with van der Waals surface area (Å²) < 4.78 is 86.2. The van der Waals surface area contributed by atoms with E-state index in [1.807, 2.05) is 0 Å². The van der Waals surface area contributed by atoms with Crippen LogP contribution in [0, 0.1) is 23.3 Å². The first-order valence-electron chi connectivity index (χ1n) is 11.1. The topological polar surface area (TPSA) is 95.0 Å². The van der Waals surface area contributed by atoms with Crippen molar-refractivity contribution in [2.75, 3.05) is 21.7 Å². The Morgan fingerprint density at radius 2 is 1.31 bits per heavy atom. The fourth-order valence-electron chi connectivity index (χ4n) is 3.90. The second-order valence-corrected chi connectivity index (χ2v) is 10.8. The number of anilines is 2. The molecule has 4 aromatic rings. The van der Waals surface area contributed by atoms with Crippen LogP contribution in [0.25, 0.3) is 10.8 Å². The van der Waals surface area contributed by atoms with E-state index in [0.29, 0.717) is 16.3 Å². The molecule has 0 amide bonds. The number of fused-ring (bicyclic) bond motifs is 1. The van der Waals surface area contributed by atoms with E-state index in [4.69, 9.17) is 0 Å². The third kappa shape index (κ3) is 5.54. The number of nitrogens with zero attached hydrogens (tertiary/aromatic N) is 2. The van der Waals surface area contributed by atoms with E-state index in [0.717, 1.165) is 40.7 Å². The predicted molar refractivity (Wildman–Crippen MR) is 138 cm³/mol. The molecule has 0 fully saturated rings. The summed E-state index contributed by atoms with van der Waals surface area (Å²) in [5.74, 6) is -5.89. The van der Waals surface area contributed by atoms with Crippen molar-refractivity contribution in [3.8, 4) is 0 Å². The molecule has 4 aromatic carbocycles. The fourth-order valence-corrected chi connectivity index (χ4v) is 6.39. The number of sulfonamides is 1. The molecule has 0 aliphatic heterocycles. The molecule has 0 heterocycles. The molecule has 202 valence electrons. The number of hydrogen-bond acceptors (Lipinski definition) is 6. The number of aliphatic carboxylic acids is 1. The number of benzene rings is 4. The van der Waals surface area contributed by atoms with Crippen LogP contribution < -0.4 is 8.61 Å². The summed E-state index contributed by atoms with van der Waals surface area (Å²) in [4.78, 5) is 21.4. The van der Waals surface area contributed by atoms with Gasteiger partial charge in [0.25, 0.3) is 10.0 Å². The lowest BCUT2D eigenvalue weighted by Crippen LogP contribution is -2.34. The third-order valence-electron chi connectivity index (χ3n) is 5.52. The smallest absolute Gasteiger partial charge is 0.324 e. The van der Waals surface area contributed by atoms with Gasteiger partial charge in [0.2, 0.25) is 0 Å². The summed E-state index contributed by atoms with van der Waals surface area (Å²) in [6.07, 6.45) is 0.243. The molecule has 0 bridgehead atoms. The Balaban J connectivity index is 1.91. The molecule has 13 heteroatoms. The summed E-state index contributed by atoms with van der Waals surface area (Å²) in [7, 11) is -4.94. The lowest BCUT2D eigenvalue weighted by molar-refractivity contribution is -0.135. The third-order valence-corrected chi connectivity index (χ3v) is 8.47. The minimum Gasteiger partial charge on any atom is -0.480 e. The first-order valence-corrected chi connectivity index (χ1v) is 13.3. The van der Waals surface area contributed by atoms with Crippen molar-refractivity contribution in [1.29, 1.82) is 0 Å². The molecular formula is C26H18F4N2O5S2. The number of aldehydes is 1. The van der Waals surface area contributed by atoms with Gasteiger partial charge >= 0.3 is 5.97 Å². The minimum absolute atomic E-state index is 0.138. The largest absolute Gasteiger partial charge is 0.480 e. The number of halogens is 4. The number of hydrogen-bond donors (Lipinski definition) is 1. The van der Waals surface area contributed by atoms with Crippen LogP contribution in [0.1, 0.15) is 0 Å². The summed E-state index contributed by atoms with van der Waals surface area (Å²) in [5, 5.41) is 9.88. The Labute approximate surface area is 224 Å². The van der Waals surface area contributed by atoms with Gasteiger partial charge in [-0.15, -0.1) is 0 Å². The average Bonchev–Trinajstić information content (AvgIpc) is 2.88. The highest BCUT2D eigenvalue weighted by Gasteiger charge is 2.32. The molecule has 39 heavy (non-hydrogen) atoms. The maximum Gasteiger partial charge on any atom is 0.324 e. The SMILES string of the molecule is O=CCN(c1ccc(N(CC(=O)O)Sc2c(F)cccc2F)c2ccccc12)S(=O)(=O)c1c(F)cccc1F. The van der Waals surface area contributed by atoms with Crippen LogP contribution >= 0.6 is 11.9 Å². The van der Waals surface area contributed by atoms with E-state index in [2.05, 4.69) is 0 Å². The number of carboxylic acid groups (broad SMARTS) is 1. The molecule has 0 aliphatic rings. The molecule has 0 aliphatic carbocycles. The van der Waals surface area contributed by atoms with Crippen molar-refractivity contribution in [2.24, 2.45) is 0 Å². The molecule has 0 saturated heterocycles. The van der Waals surface area contributed by atoms with Gasteiger partial charge in [-0.2, -0.15) is 0 Å². The van der Waals surface area contributed by atoms with Gasteiger partial charge in [-0.05, 0) is 48.3 Å². The lowest BCUT2D eigenvalue weighted by atomic mass is 10.1. The van der Waals surface area contributed by atoms with Gasteiger partial charge < -0.3 is 14.2 Å². The zero-order valence-corrected chi connectivity index (χ0v) is 21.4. The van der Waals surface area contributed by atoms with Crippen molar-refractivity contribution in [1.82, 2.24) is 0 Å². The van der Waals surface area contributed by atoms with Crippen LogP contribution in [-0.4, -0.2) is 38.9 Å². The van der Waals surface area contributed by atoms with E-state index >= 15 is 0 Å². The van der Waals surface area contributed by atoms with Crippen LogP contribution in [-0.2, 0) is 19.6 Å². The first kappa shape index (κ1) is 27.9. The second kappa shape index (κ2) is 11.3. The van der Waals surface area contributed by atoms with Crippen LogP contribution in [0.4, 0.5) is 28.9 Å². The van der Waals surface area contributed by atoms with Gasteiger partial charge in [-0.3, -0.25) is 9.10 Å². The zero-order chi connectivity index (χ0) is 28.3. The van der Waals surface area contributed by atoms with Crippen molar-refractivity contribution < 1.29 is 40.7 Å². The Morgan fingerprint density at radius 3 is 1.85 bits per heavy atom. The molecular weight excluding hydrogens is 560 g/mol. The summed E-state index contributed by atoms with van der Waals surface area (Å²) >= 11 is 0.484. The molecule has 0 spiro atoms. The number of rotatable bonds is 10. The minimum atomic E-state index is -4.94. The molecule has 0 saturated carbocycles. The fraction of sp³-hybridized carbons (Fsp3) is 0.0769. The molecule has 7 nitrogen and oxygen atoms in total. The van der Waals surface area contributed by atoms with E-state index in [1.54, 1.807) is 6.07 Å². The van der Waals surface area contributed by atoms with Crippen LogP contribution in [0.5, 0.6) is 0 Å². The normalized spacial score (nSPS) is 11.4. The Morgan fingerprint density at radius 1 is 0.795 bits per heavy atom. The number of carbonyl (C=O) groups excluding carboxylic acids is 1. The molecule has 0 atom stereocenters. The standard InChI is InChI=1S/C26H18F4N2O5S2/c27-18-7-3-8-19(28)25(18)38-31(15-24(34)35)22-11-12-23(17-6-2-1-5-16(17)22)32(13-14-33)39(36,37)26-20(29)9-4-10-21(26)30/h1-12,14H,13,15H2,(H,34,35). The number of carbonyl (C=O) groups is 2. The first-order chi connectivity index (χ1) is 18.6. The van der Waals surface area contributed by atoms with E-state index in [1.165, 1.54) is 30.3 Å². The lowest BCUT2D eigenvalue weighted by Gasteiger charge is -2.27. The van der Waals surface area contributed by atoms with Gasteiger partial charge in [-0.25, -0.2) is 26.0 Å². The Kier molecular flexibility index (Phi) is 8.11. The Hall–Kier alpha value is -4.10. The highest BCUT2D eigenvalue weighted by molar-refractivity contribution is 8.00. The van der Waals surface area contributed by atoms with Crippen molar-refractivity contribution in [2.45, 2.75) is 9.79 Å². The molecule has 1 N–H and O–H groups in total. The number of carboxylic acids is 1. The van der Waals surface area contributed by atoms with Crippen molar-refractivity contribution in [3.05, 3.63) is 96.1 Å². The van der Waals surface area contributed by atoms with E-state index in [9.17, 15) is 40.7 Å². The van der Waals surface area contributed by atoms with Crippen LogP contribution in [0.15, 0.2) is 82.6 Å².